The highest BCUT2D eigenvalue weighted by molar-refractivity contribution is 9.10. The molecule has 1 heterocycles. The van der Waals surface area contributed by atoms with Crippen molar-refractivity contribution >= 4 is 38.9 Å². The third-order valence-electron chi connectivity index (χ3n) is 3.48. The summed E-state index contributed by atoms with van der Waals surface area (Å²) in [6, 6.07) is 2.65. The molecule has 0 bridgehead atoms. The summed E-state index contributed by atoms with van der Waals surface area (Å²) in [6.45, 7) is 5.66. The third-order valence-corrected chi connectivity index (χ3v) is 6.03. The van der Waals surface area contributed by atoms with Gasteiger partial charge in [-0.25, -0.2) is 0 Å². The molecule has 4 heteroatoms. The minimum absolute atomic E-state index is 0.469. The summed E-state index contributed by atoms with van der Waals surface area (Å²) in [5.74, 6) is 1.62. The SMILES string of the molecule is CCCNC(c1cc(Br)c(Cl)s1)C(C)C1CC1. The number of halogens is 2. The number of thiophene rings is 1. The smallest absolute Gasteiger partial charge is 0.107 e. The lowest BCUT2D eigenvalue weighted by molar-refractivity contribution is 0.354. The molecule has 0 aliphatic heterocycles. The molecule has 1 N–H and O–H groups in total. The van der Waals surface area contributed by atoms with Crippen LogP contribution in [0.4, 0.5) is 0 Å². The van der Waals surface area contributed by atoms with E-state index in [0.717, 1.165) is 21.3 Å². The van der Waals surface area contributed by atoms with Gasteiger partial charge in [0.2, 0.25) is 0 Å². The quantitative estimate of drug-likeness (QED) is 0.748. The fourth-order valence-corrected chi connectivity index (χ4v) is 4.18. The molecule has 1 aliphatic carbocycles. The van der Waals surface area contributed by atoms with E-state index in [-0.39, 0.29) is 0 Å². The Morgan fingerprint density at radius 1 is 1.59 bits per heavy atom. The molecule has 2 unspecified atom stereocenters. The predicted molar refractivity (Wildman–Crippen MR) is 80.0 cm³/mol. The molecule has 17 heavy (non-hydrogen) atoms. The van der Waals surface area contributed by atoms with Gasteiger partial charge in [0.25, 0.3) is 0 Å². The molecule has 1 saturated carbocycles. The second kappa shape index (κ2) is 6.05. The Kier molecular flexibility index (Phi) is 4.93. The van der Waals surface area contributed by atoms with Crippen LogP contribution >= 0.6 is 38.9 Å². The lowest BCUT2D eigenvalue weighted by Gasteiger charge is -2.24. The van der Waals surface area contributed by atoms with Crippen molar-refractivity contribution < 1.29 is 0 Å². The first-order valence-corrected chi connectivity index (χ1v) is 8.30. The zero-order valence-corrected chi connectivity index (χ0v) is 13.5. The van der Waals surface area contributed by atoms with Crippen LogP contribution in [-0.2, 0) is 0 Å². The molecule has 1 fully saturated rings. The summed E-state index contributed by atoms with van der Waals surface area (Å²) in [4.78, 5) is 1.37. The summed E-state index contributed by atoms with van der Waals surface area (Å²) in [7, 11) is 0. The summed E-state index contributed by atoms with van der Waals surface area (Å²) in [6.07, 6.45) is 3.96. The van der Waals surface area contributed by atoms with Crippen molar-refractivity contribution in [1.29, 1.82) is 0 Å². The van der Waals surface area contributed by atoms with E-state index in [1.54, 1.807) is 11.3 Å². The third kappa shape index (κ3) is 3.46. The molecule has 1 aromatic rings. The van der Waals surface area contributed by atoms with Crippen LogP contribution in [-0.4, -0.2) is 6.54 Å². The van der Waals surface area contributed by atoms with Gasteiger partial charge in [-0.15, -0.1) is 11.3 Å². The lowest BCUT2D eigenvalue weighted by Crippen LogP contribution is -2.28. The van der Waals surface area contributed by atoms with Crippen LogP contribution in [0.5, 0.6) is 0 Å². The number of hydrogen-bond acceptors (Lipinski definition) is 2. The monoisotopic (exact) mass is 335 g/mol. The van der Waals surface area contributed by atoms with E-state index in [2.05, 4.69) is 41.2 Å². The Morgan fingerprint density at radius 3 is 2.76 bits per heavy atom. The second-order valence-electron chi connectivity index (χ2n) is 4.90. The van der Waals surface area contributed by atoms with E-state index in [4.69, 9.17) is 11.6 Å². The molecule has 1 aromatic heterocycles. The van der Waals surface area contributed by atoms with E-state index in [1.165, 1.54) is 24.1 Å². The Morgan fingerprint density at radius 2 is 2.29 bits per heavy atom. The summed E-state index contributed by atoms with van der Waals surface area (Å²) in [5, 5.41) is 3.68. The van der Waals surface area contributed by atoms with E-state index in [1.807, 2.05) is 0 Å². The molecule has 0 spiro atoms. The van der Waals surface area contributed by atoms with Crippen LogP contribution in [0.1, 0.15) is 44.0 Å². The minimum atomic E-state index is 0.469. The van der Waals surface area contributed by atoms with Gasteiger partial charge in [-0.2, -0.15) is 0 Å². The number of rotatable bonds is 6. The molecular formula is C13H19BrClNS. The van der Waals surface area contributed by atoms with Crippen molar-refractivity contribution in [3.05, 3.63) is 19.8 Å². The van der Waals surface area contributed by atoms with Crippen molar-refractivity contribution in [3.63, 3.8) is 0 Å². The largest absolute Gasteiger partial charge is 0.309 e. The zero-order chi connectivity index (χ0) is 12.4. The molecule has 2 rings (SSSR count). The highest BCUT2D eigenvalue weighted by Crippen LogP contribution is 2.45. The van der Waals surface area contributed by atoms with Gasteiger partial charge in [0, 0.05) is 15.4 Å². The van der Waals surface area contributed by atoms with Gasteiger partial charge < -0.3 is 5.32 Å². The summed E-state index contributed by atoms with van der Waals surface area (Å²) < 4.78 is 1.90. The molecule has 1 nitrogen and oxygen atoms in total. The van der Waals surface area contributed by atoms with Gasteiger partial charge in [0.05, 0.1) is 0 Å². The van der Waals surface area contributed by atoms with Gasteiger partial charge in [0.15, 0.2) is 0 Å². The Hall–Kier alpha value is 0.430. The maximum Gasteiger partial charge on any atom is 0.107 e. The average molecular weight is 337 g/mol. The molecule has 0 amide bonds. The molecular weight excluding hydrogens is 318 g/mol. The van der Waals surface area contributed by atoms with Crippen molar-refractivity contribution in [3.8, 4) is 0 Å². The van der Waals surface area contributed by atoms with Crippen LogP contribution in [0, 0.1) is 11.8 Å². The van der Waals surface area contributed by atoms with Crippen LogP contribution in [0.25, 0.3) is 0 Å². The molecule has 96 valence electrons. The maximum absolute atomic E-state index is 6.15. The Bertz CT molecular complexity index is 356. The van der Waals surface area contributed by atoms with Gasteiger partial charge >= 0.3 is 0 Å². The minimum Gasteiger partial charge on any atom is -0.309 e. The molecule has 0 radical (unpaired) electrons. The van der Waals surface area contributed by atoms with E-state index >= 15 is 0 Å². The maximum atomic E-state index is 6.15. The highest BCUT2D eigenvalue weighted by atomic mass is 79.9. The van der Waals surface area contributed by atoms with Crippen molar-refractivity contribution in [2.45, 2.75) is 39.2 Å². The van der Waals surface area contributed by atoms with Gasteiger partial charge in [-0.3, -0.25) is 0 Å². The van der Waals surface area contributed by atoms with Crippen LogP contribution in [0.15, 0.2) is 10.5 Å². The first-order valence-electron chi connectivity index (χ1n) is 6.31. The van der Waals surface area contributed by atoms with Crippen LogP contribution in [0.3, 0.4) is 0 Å². The highest BCUT2D eigenvalue weighted by Gasteiger charge is 2.34. The lowest BCUT2D eigenvalue weighted by atomic mass is 9.95. The summed E-state index contributed by atoms with van der Waals surface area (Å²) in [5.41, 5.74) is 0. The van der Waals surface area contributed by atoms with Crippen LogP contribution in [0.2, 0.25) is 4.34 Å². The Balaban J connectivity index is 2.13. The average Bonchev–Trinajstić information content (AvgIpc) is 3.08. The Labute approximate surface area is 121 Å². The molecule has 0 saturated heterocycles. The van der Waals surface area contributed by atoms with Crippen molar-refractivity contribution in [1.82, 2.24) is 5.32 Å². The van der Waals surface area contributed by atoms with Gasteiger partial charge in [0.1, 0.15) is 4.34 Å². The van der Waals surface area contributed by atoms with E-state index in [0.29, 0.717) is 12.0 Å². The van der Waals surface area contributed by atoms with E-state index in [9.17, 15) is 0 Å². The first-order chi connectivity index (χ1) is 8.13. The van der Waals surface area contributed by atoms with E-state index < -0.39 is 0 Å². The van der Waals surface area contributed by atoms with Gasteiger partial charge in [-0.1, -0.05) is 25.4 Å². The topological polar surface area (TPSA) is 12.0 Å². The standard InChI is InChI=1S/C13H19BrClNS/c1-3-6-16-12(8(2)9-4-5-9)11-7-10(14)13(15)17-11/h7-9,12,16H,3-6H2,1-2H3. The molecule has 1 aliphatic rings. The number of hydrogen-bond donors (Lipinski definition) is 1. The fourth-order valence-electron chi connectivity index (χ4n) is 2.26. The second-order valence-corrected chi connectivity index (χ2v) is 7.44. The normalized spacial score (nSPS) is 19.3. The number of nitrogens with one attached hydrogen (secondary N) is 1. The van der Waals surface area contributed by atoms with Crippen molar-refractivity contribution in [2.75, 3.05) is 6.54 Å². The first kappa shape index (κ1) is 13.9. The molecule has 2 atom stereocenters. The van der Waals surface area contributed by atoms with Crippen LogP contribution < -0.4 is 5.32 Å². The summed E-state index contributed by atoms with van der Waals surface area (Å²) >= 11 is 11.4. The predicted octanol–water partition coefficient (Wildman–Crippen LogP) is 5.25. The zero-order valence-electron chi connectivity index (χ0n) is 10.3. The van der Waals surface area contributed by atoms with Crippen molar-refractivity contribution in [2.24, 2.45) is 11.8 Å². The molecule has 0 aromatic carbocycles. The fraction of sp³-hybridized carbons (Fsp3) is 0.692. The van der Waals surface area contributed by atoms with Gasteiger partial charge in [-0.05, 0) is 59.6 Å².